The van der Waals surface area contributed by atoms with Crippen LogP contribution in [-0.4, -0.2) is 87.5 Å². The van der Waals surface area contributed by atoms with Gasteiger partial charge in [0.2, 0.25) is 0 Å². The van der Waals surface area contributed by atoms with Crippen molar-refractivity contribution in [3.63, 3.8) is 0 Å². The Kier molecular flexibility index (Phi) is 10.9. The van der Waals surface area contributed by atoms with Crippen molar-refractivity contribution in [3.05, 3.63) is 23.3 Å². The number of carbonyl (C=O) groups is 2. The molecule has 2 saturated carbocycles. The molecule has 0 aromatic carbocycles. The van der Waals surface area contributed by atoms with Crippen LogP contribution in [0.3, 0.4) is 0 Å². The van der Waals surface area contributed by atoms with Gasteiger partial charge in [-0.1, -0.05) is 32.9 Å². The summed E-state index contributed by atoms with van der Waals surface area (Å²) in [5.74, 6) is -1.79. The number of carbonyl (C=O) groups excluding carboxylic acids is 2. The van der Waals surface area contributed by atoms with Crippen LogP contribution in [-0.2, 0) is 28.5 Å². The van der Waals surface area contributed by atoms with Crippen LogP contribution in [0.2, 0.25) is 0 Å². The number of esters is 2. The van der Waals surface area contributed by atoms with Crippen molar-refractivity contribution in [1.29, 1.82) is 0 Å². The van der Waals surface area contributed by atoms with E-state index in [1.54, 1.807) is 46.8 Å². The highest BCUT2D eigenvalue weighted by Gasteiger charge is 2.61. The van der Waals surface area contributed by atoms with Crippen LogP contribution in [0.25, 0.3) is 0 Å². The fraction of sp³-hybridized carbons (Fsp3) is 0.806. The molecule has 1 aliphatic heterocycles. The topological polar surface area (TPSA) is 152 Å². The van der Waals surface area contributed by atoms with E-state index in [2.05, 4.69) is 13.8 Å². The zero-order valence-corrected chi connectivity index (χ0v) is 25.7. The summed E-state index contributed by atoms with van der Waals surface area (Å²) in [5.41, 5.74) is -1.21. The first-order valence-electron chi connectivity index (χ1n) is 14.8. The minimum absolute atomic E-state index is 0.0348. The second-order valence-electron chi connectivity index (χ2n) is 12.8. The van der Waals surface area contributed by atoms with E-state index in [9.17, 15) is 30.0 Å². The van der Waals surface area contributed by atoms with E-state index in [1.165, 1.54) is 0 Å². The molecule has 4 N–H and O–H groups in total. The van der Waals surface area contributed by atoms with Gasteiger partial charge in [0.15, 0.2) is 18.5 Å². The molecule has 2 aliphatic carbocycles. The van der Waals surface area contributed by atoms with Crippen LogP contribution in [0.15, 0.2) is 23.3 Å². The molecule has 0 bridgehead atoms. The van der Waals surface area contributed by atoms with Gasteiger partial charge in [0.05, 0.1) is 24.4 Å². The van der Waals surface area contributed by atoms with E-state index in [1.807, 2.05) is 6.92 Å². The lowest BCUT2D eigenvalue weighted by Gasteiger charge is -2.60. The predicted octanol–water partition coefficient (Wildman–Crippen LogP) is 2.80. The van der Waals surface area contributed by atoms with Crippen molar-refractivity contribution in [2.75, 3.05) is 6.61 Å². The summed E-state index contributed by atoms with van der Waals surface area (Å²) >= 11 is 0. The van der Waals surface area contributed by atoms with Crippen LogP contribution in [0, 0.1) is 23.2 Å². The zero-order chi connectivity index (χ0) is 30.9. The zero-order valence-electron chi connectivity index (χ0n) is 25.7. The standard InChI is InChI=1S/C31H50O10/c1-9-17(5)27(35)39-24-20(15-32)38-29(22(34)25(24)40-28(36)18(6)10-2)41-23-19(16(3)4)11-13-30(7)21(33)12-14-31(8,37)26(23)30/h9-10,16,19-26,29,32-34,37H,11-15H2,1-8H3/t19-,20+,21-,22+,23+,24+,25+,26-,29-,30+,31-/m0/s1. The first-order chi connectivity index (χ1) is 19.1. The van der Waals surface area contributed by atoms with Gasteiger partial charge >= 0.3 is 11.9 Å². The minimum atomic E-state index is -1.59. The predicted molar refractivity (Wildman–Crippen MR) is 150 cm³/mol. The van der Waals surface area contributed by atoms with E-state index in [-0.39, 0.29) is 17.4 Å². The highest BCUT2D eigenvalue weighted by atomic mass is 16.7. The lowest BCUT2D eigenvalue weighted by atomic mass is 9.50. The summed E-state index contributed by atoms with van der Waals surface area (Å²) in [5, 5.41) is 44.6. The molecule has 1 saturated heterocycles. The van der Waals surface area contributed by atoms with Crippen LogP contribution in [0.1, 0.15) is 81.1 Å². The molecule has 3 aliphatic rings. The SMILES string of the molecule is CC=C(C)C(=O)O[C@@H]1[C@@H](O)[C@H](O[C@@H]2[C@H](C(C)C)CC[C@]3(C)[C@@H](O)CC[C@](C)(O)[C@@H]23)O[C@H](CO)[C@H]1OC(=O)C(C)=CC. The van der Waals surface area contributed by atoms with E-state index in [0.717, 1.165) is 6.42 Å². The fourth-order valence-electron chi connectivity index (χ4n) is 6.92. The monoisotopic (exact) mass is 582 g/mol. The molecule has 1 heterocycles. The lowest BCUT2D eigenvalue weighted by Crippen LogP contribution is -2.67. The maximum Gasteiger partial charge on any atom is 0.333 e. The Labute approximate surface area is 243 Å². The van der Waals surface area contributed by atoms with Crippen molar-refractivity contribution in [2.45, 2.75) is 130 Å². The van der Waals surface area contributed by atoms with E-state index in [0.29, 0.717) is 24.8 Å². The summed E-state index contributed by atoms with van der Waals surface area (Å²) < 4.78 is 23.9. The average Bonchev–Trinajstić information content (AvgIpc) is 2.92. The number of fused-ring (bicyclic) bond motifs is 1. The number of allylic oxidation sites excluding steroid dienone is 2. The molecule has 0 aromatic rings. The molecule has 10 heteroatoms. The van der Waals surface area contributed by atoms with Gasteiger partial charge in [-0.25, -0.2) is 9.59 Å². The largest absolute Gasteiger partial charge is 0.452 e. The molecule has 0 spiro atoms. The fourth-order valence-corrected chi connectivity index (χ4v) is 6.92. The summed E-state index contributed by atoms with van der Waals surface area (Å²) in [6.45, 7) is 13.7. The number of aliphatic hydroxyl groups excluding tert-OH is 3. The van der Waals surface area contributed by atoms with Gasteiger partial charge in [0.25, 0.3) is 0 Å². The van der Waals surface area contributed by atoms with Crippen LogP contribution in [0.4, 0.5) is 0 Å². The van der Waals surface area contributed by atoms with Crippen molar-refractivity contribution in [3.8, 4) is 0 Å². The van der Waals surface area contributed by atoms with Crippen molar-refractivity contribution in [2.24, 2.45) is 23.2 Å². The minimum Gasteiger partial charge on any atom is -0.452 e. The number of ether oxygens (including phenoxy) is 4. The Hall–Kier alpha value is -1.82. The number of rotatable bonds is 8. The van der Waals surface area contributed by atoms with E-state index < -0.39 is 78.4 Å². The van der Waals surface area contributed by atoms with Gasteiger partial charge in [0, 0.05) is 22.5 Å². The lowest BCUT2D eigenvalue weighted by molar-refractivity contribution is -0.339. The van der Waals surface area contributed by atoms with Crippen molar-refractivity contribution in [1.82, 2.24) is 0 Å². The van der Waals surface area contributed by atoms with Gasteiger partial charge in [-0.2, -0.15) is 0 Å². The highest BCUT2D eigenvalue weighted by molar-refractivity contribution is 5.88. The molecule has 0 aromatic heterocycles. The molecule has 41 heavy (non-hydrogen) atoms. The number of hydrogen-bond donors (Lipinski definition) is 4. The summed E-state index contributed by atoms with van der Waals surface area (Å²) in [4.78, 5) is 25.5. The Bertz CT molecular complexity index is 1000. The molecule has 234 valence electrons. The molecule has 0 amide bonds. The van der Waals surface area contributed by atoms with Crippen LogP contribution < -0.4 is 0 Å². The third-order valence-electron chi connectivity index (χ3n) is 9.77. The molecular formula is C31H50O10. The van der Waals surface area contributed by atoms with Gasteiger partial charge in [-0.15, -0.1) is 0 Å². The molecule has 3 fully saturated rings. The van der Waals surface area contributed by atoms with E-state index >= 15 is 0 Å². The molecule has 3 rings (SSSR count). The highest BCUT2D eigenvalue weighted by Crippen LogP contribution is 2.57. The van der Waals surface area contributed by atoms with Crippen molar-refractivity contribution < 1.29 is 49.0 Å². The van der Waals surface area contributed by atoms with Crippen molar-refractivity contribution >= 4 is 11.9 Å². The molecule has 11 atom stereocenters. The summed E-state index contributed by atoms with van der Waals surface area (Å²) in [6.07, 6.45) is -2.72. The Morgan fingerprint density at radius 2 is 1.51 bits per heavy atom. The van der Waals surface area contributed by atoms with E-state index in [4.69, 9.17) is 18.9 Å². The maximum atomic E-state index is 12.8. The number of aliphatic hydroxyl groups is 4. The smallest absolute Gasteiger partial charge is 0.333 e. The molecule has 10 nitrogen and oxygen atoms in total. The third-order valence-corrected chi connectivity index (χ3v) is 9.77. The third kappa shape index (κ3) is 6.73. The molecular weight excluding hydrogens is 532 g/mol. The Morgan fingerprint density at radius 1 is 0.951 bits per heavy atom. The van der Waals surface area contributed by atoms with Crippen LogP contribution >= 0.6 is 0 Å². The van der Waals surface area contributed by atoms with Crippen LogP contribution in [0.5, 0.6) is 0 Å². The maximum absolute atomic E-state index is 12.8. The van der Waals surface area contributed by atoms with Gasteiger partial charge in [-0.05, 0) is 72.1 Å². The second kappa shape index (κ2) is 13.2. The first kappa shape index (κ1) is 33.7. The van der Waals surface area contributed by atoms with Gasteiger partial charge < -0.3 is 39.4 Å². The average molecular weight is 583 g/mol. The number of hydrogen-bond acceptors (Lipinski definition) is 10. The van der Waals surface area contributed by atoms with Gasteiger partial charge in [-0.3, -0.25) is 0 Å². The molecule has 0 unspecified atom stereocenters. The Balaban J connectivity index is 2.02. The quantitative estimate of drug-likeness (QED) is 0.248. The first-order valence-corrected chi connectivity index (χ1v) is 14.8. The molecule has 0 radical (unpaired) electrons. The second-order valence-corrected chi connectivity index (χ2v) is 12.8. The Morgan fingerprint density at radius 3 is 2.02 bits per heavy atom. The summed E-state index contributed by atoms with van der Waals surface area (Å²) in [7, 11) is 0. The summed E-state index contributed by atoms with van der Waals surface area (Å²) in [6, 6.07) is 0. The van der Waals surface area contributed by atoms with Gasteiger partial charge in [0.1, 0.15) is 12.2 Å². The normalized spacial score (nSPS) is 42.0.